The van der Waals surface area contributed by atoms with Crippen molar-refractivity contribution in [2.75, 3.05) is 5.88 Å². The molecule has 0 aliphatic carbocycles. The fourth-order valence-corrected chi connectivity index (χ4v) is 1.66. The molecule has 15 heavy (non-hydrogen) atoms. The first-order valence-electron chi connectivity index (χ1n) is 4.71. The van der Waals surface area contributed by atoms with Gasteiger partial charge in [-0.15, -0.1) is 11.6 Å². The van der Waals surface area contributed by atoms with E-state index in [4.69, 9.17) is 11.6 Å². The Bertz CT molecular complexity index is 539. The minimum Gasteiger partial charge on any atom is -0.306 e. The fraction of sp³-hybridized carbons (Fsp3) is 0.182. The summed E-state index contributed by atoms with van der Waals surface area (Å²) in [6.07, 6.45) is 3.71. The molecule has 4 heteroatoms. The molecule has 0 aliphatic heterocycles. The lowest BCUT2D eigenvalue weighted by Crippen LogP contribution is -2.15. The highest BCUT2D eigenvalue weighted by molar-refractivity contribution is 6.18. The number of benzene rings is 1. The number of H-pyrrole nitrogens is 1. The predicted molar refractivity (Wildman–Crippen MR) is 62.4 cm³/mol. The summed E-state index contributed by atoms with van der Waals surface area (Å²) in [5.41, 5.74) is 1.69. The molecule has 0 saturated carbocycles. The largest absolute Gasteiger partial charge is 0.326 e. The van der Waals surface area contributed by atoms with Crippen LogP contribution in [-0.2, 0) is 6.54 Å². The summed E-state index contributed by atoms with van der Waals surface area (Å²) in [4.78, 5) is 14.4. The predicted octanol–water partition coefficient (Wildman–Crippen LogP) is 2.12. The molecule has 3 nitrogen and oxygen atoms in total. The molecule has 2 rings (SSSR count). The van der Waals surface area contributed by atoms with E-state index in [0.29, 0.717) is 12.4 Å². The Kier molecular flexibility index (Phi) is 2.92. The number of hydrogen-bond acceptors (Lipinski definition) is 1. The van der Waals surface area contributed by atoms with Gasteiger partial charge in [0, 0.05) is 12.4 Å². The van der Waals surface area contributed by atoms with Crippen LogP contribution in [0.2, 0.25) is 0 Å². The molecule has 0 unspecified atom stereocenters. The Morgan fingerprint density at radius 2 is 2.13 bits per heavy atom. The third-order valence-electron chi connectivity index (χ3n) is 2.23. The normalized spacial score (nSPS) is 11.5. The van der Waals surface area contributed by atoms with Crippen molar-refractivity contribution in [1.82, 2.24) is 9.55 Å². The zero-order valence-corrected chi connectivity index (χ0v) is 8.87. The molecule has 0 fully saturated rings. The van der Waals surface area contributed by atoms with Crippen LogP contribution in [0.25, 0.3) is 11.0 Å². The summed E-state index contributed by atoms with van der Waals surface area (Å²) in [6.45, 7) is 0.551. The van der Waals surface area contributed by atoms with Crippen molar-refractivity contribution < 1.29 is 0 Å². The van der Waals surface area contributed by atoms with Crippen molar-refractivity contribution in [2.24, 2.45) is 0 Å². The molecule has 1 aromatic carbocycles. The van der Waals surface area contributed by atoms with Gasteiger partial charge in [0.1, 0.15) is 0 Å². The smallest absolute Gasteiger partial charge is 0.306 e. The molecule has 0 bridgehead atoms. The van der Waals surface area contributed by atoms with Crippen LogP contribution in [0, 0.1) is 0 Å². The highest BCUT2D eigenvalue weighted by atomic mass is 35.5. The average Bonchev–Trinajstić information content (AvgIpc) is 2.56. The van der Waals surface area contributed by atoms with E-state index in [1.54, 1.807) is 4.57 Å². The molecule has 1 N–H and O–H groups in total. The van der Waals surface area contributed by atoms with Gasteiger partial charge < -0.3 is 4.98 Å². The molecular formula is C11H11ClN2O. The molecule has 0 atom stereocenters. The molecule has 1 aromatic heterocycles. The van der Waals surface area contributed by atoms with E-state index in [-0.39, 0.29) is 5.69 Å². The number of allylic oxidation sites excluding steroid dienone is 2. The first-order valence-corrected chi connectivity index (χ1v) is 5.25. The van der Waals surface area contributed by atoms with E-state index >= 15 is 0 Å². The van der Waals surface area contributed by atoms with Gasteiger partial charge in [0.25, 0.3) is 0 Å². The number of nitrogens with zero attached hydrogens (tertiary/aromatic N) is 1. The second kappa shape index (κ2) is 4.36. The lowest BCUT2D eigenvalue weighted by Gasteiger charge is -1.97. The minimum atomic E-state index is -0.0876. The number of para-hydroxylation sites is 2. The SMILES string of the molecule is O=c1[nH]c2ccccc2n1C/C=C\CCl. The van der Waals surface area contributed by atoms with Crippen LogP contribution in [0.3, 0.4) is 0 Å². The van der Waals surface area contributed by atoms with Gasteiger partial charge in [-0.1, -0.05) is 24.3 Å². The molecule has 2 aromatic rings. The summed E-state index contributed by atoms with van der Waals surface area (Å²) in [7, 11) is 0. The quantitative estimate of drug-likeness (QED) is 0.627. The molecule has 0 radical (unpaired) electrons. The zero-order valence-electron chi connectivity index (χ0n) is 8.11. The first-order chi connectivity index (χ1) is 7.33. The molecule has 1 heterocycles. The van der Waals surface area contributed by atoms with E-state index in [2.05, 4.69) is 4.98 Å². The molecule has 0 amide bonds. The van der Waals surface area contributed by atoms with Crippen molar-refractivity contribution >= 4 is 22.6 Å². The first kappa shape index (κ1) is 10.1. The van der Waals surface area contributed by atoms with Crippen LogP contribution in [0.15, 0.2) is 41.2 Å². The number of rotatable bonds is 3. The van der Waals surface area contributed by atoms with Crippen LogP contribution in [0.1, 0.15) is 0 Å². The van der Waals surface area contributed by atoms with E-state index < -0.39 is 0 Å². The van der Waals surface area contributed by atoms with Crippen molar-refractivity contribution in [2.45, 2.75) is 6.54 Å². The highest BCUT2D eigenvalue weighted by Crippen LogP contribution is 2.08. The Labute approximate surface area is 92.0 Å². The number of nitrogens with one attached hydrogen (secondary N) is 1. The van der Waals surface area contributed by atoms with Crippen LogP contribution >= 0.6 is 11.6 Å². The number of fused-ring (bicyclic) bond motifs is 1. The Hall–Kier alpha value is -1.48. The summed E-state index contributed by atoms with van der Waals surface area (Å²) in [5.74, 6) is 0.469. The number of aromatic nitrogens is 2. The van der Waals surface area contributed by atoms with Crippen LogP contribution in [0.4, 0.5) is 0 Å². The molecule has 0 spiro atoms. The molecule has 0 aliphatic rings. The highest BCUT2D eigenvalue weighted by Gasteiger charge is 2.02. The van der Waals surface area contributed by atoms with Crippen molar-refractivity contribution in [3.05, 3.63) is 46.9 Å². The zero-order chi connectivity index (χ0) is 10.7. The number of hydrogen-bond donors (Lipinski definition) is 1. The van der Waals surface area contributed by atoms with E-state index in [1.807, 2.05) is 36.4 Å². The summed E-state index contributed by atoms with van der Waals surface area (Å²) in [5, 5.41) is 0. The van der Waals surface area contributed by atoms with Gasteiger partial charge in [-0.3, -0.25) is 4.57 Å². The van der Waals surface area contributed by atoms with Gasteiger partial charge in [-0.05, 0) is 12.1 Å². The third-order valence-corrected chi connectivity index (χ3v) is 2.40. The second-order valence-electron chi connectivity index (χ2n) is 3.18. The van der Waals surface area contributed by atoms with E-state index in [9.17, 15) is 4.79 Å². The van der Waals surface area contributed by atoms with Gasteiger partial charge >= 0.3 is 5.69 Å². The topological polar surface area (TPSA) is 37.8 Å². The van der Waals surface area contributed by atoms with Gasteiger partial charge in [-0.2, -0.15) is 0 Å². The molecular weight excluding hydrogens is 212 g/mol. The lowest BCUT2D eigenvalue weighted by molar-refractivity contribution is 0.807. The summed E-state index contributed by atoms with van der Waals surface area (Å²) >= 11 is 5.52. The van der Waals surface area contributed by atoms with Gasteiger partial charge in [0.05, 0.1) is 11.0 Å². The average molecular weight is 223 g/mol. The van der Waals surface area contributed by atoms with Crippen molar-refractivity contribution in [1.29, 1.82) is 0 Å². The van der Waals surface area contributed by atoms with Crippen molar-refractivity contribution in [3.63, 3.8) is 0 Å². The number of halogens is 1. The number of aromatic amines is 1. The van der Waals surface area contributed by atoms with Crippen LogP contribution in [-0.4, -0.2) is 15.4 Å². The standard InChI is InChI=1S/C11H11ClN2O/c12-7-3-4-8-14-10-6-2-1-5-9(10)13-11(14)15/h1-6H,7-8H2,(H,13,15)/b4-3-. The fourth-order valence-electron chi connectivity index (χ4n) is 1.53. The van der Waals surface area contributed by atoms with Gasteiger partial charge in [0.2, 0.25) is 0 Å². The Morgan fingerprint density at radius 1 is 1.33 bits per heavy atom. The molecule has 78 valence electrons. The number of alkyl halides is 1. The van der Waals surface area contributed by atoms with E-state index in [0.717, 1.165) is 11.0 Å². The second-order valence-corrected chi connectivity index (χ2v) is 3.49. The third kappa shape index (κ3) is 1.97. The van der Waals surface area contributed by atoms with Crippen molar-refractivity contribution in [3.8, 4) is 0 Å². The summed E-state index contributed by atoms with van der Waals surface area (Å²) < 4.78 is 1.68. The lowest BCUT2D eigenvalue weighted by atomic mass is 10.3. The molecule has 0 saturated heterocycles. The van der Waals surface area contributed by atoms with Gasteiger partial charge in [0.15, 0.2) is 0 Å². The monoisotopic (exact) mass is 222 g/mol. The van der Waals surface area contributed by atoms with Gasteiger partial charge in [-0.25, -0.2) is 4.79 Å². The van der Waals surface area contributed by atoms with E-state index in [1.165, 1.54) is 0 Å². The maximum atomic E-state index is 11.6. The number of imidazole rings is 1. The summed E-state index contributed by atoms with van der Waals surface area (Å²) in [6, 6.07) is 7.62. The Morgan fingerprint density at radius 3 is 2.93 bits per heavy atom. The van der Waals surface area contributed by atoms with Crippen LogP contribution in [0.5, 0.6) is 0 Å². The maximum Gasteiger partial charge on any atom is 0.326 e. The maximum absolute atomic E-state index is 11.6. The Balaban J connectivity index is 2.45. The minimum absolute atomic E-state index is 0.0876. The van der Waals surface area contributed by atoms with Crippen LogP contribution < -0.4 is 5.69 Å².